The van der Waals surface area contributed by atoms with Crippen LogP contribution in [0, 0.1) is 43.0 Å². The van der Waals surface area contributed by atoms with Gasteiger partial charge in [0.1, 0.15) is 18.3 Å². The number of nitrogens with zero attached hydrogens (tertiary/aromatic N) is 2. The summed E-state index contributed by atoms with van der Waals surface area (Å²) in [5.41, 5.74) is 6.30. The van der Waals surface area contributed by atoms with Crippen LogP contribution in [0.4, 0.5) is 10.1 Å². The first-order valence-corrected chi connectivity index (χ1v) is 15.5. The van der Waals surface area contributed by atoms with Crippen molar-refractivity contribution in [1.29, 1.82) is 0 Å². The molecule has 45 heavy (non-hydrogen) atoms. The lowest BCUT2D eigenvalue weighted by atomic mass is 9.90. The number of piperidine rings is 1. The normalized spacial score (nSPS) is 14.8. The molecular formula is C36H53ClFN5O2. The van der Waals surface area contributed by atoms with Crippen molar-refractivity contribution in [3.63, 3.8) is 0 Å². The SMILES string of the molecule is C#C.C#CN(/C=C\CC(CO)C(C)/C=C(Cl)\C=C/C)/C(=N/CNc1ccc(C2CCNCC2)c(F)c1)C(=C)C.CCC.NC=O. The molecule has 5 N–H and O–H groups in total. The smallest absolute Gasteiger partial charge is 0.204 e. The van der Waals surface area contributed by atoms with E-state index in [9.17, 15) is 9.50 Å². The summed E-state index contributed by atoms with van der Waals surface area (Å²) < 4.78 is 14.7. The molecule has 1 fully saturated rings. The number of rotatable bonds is 12. The molecule has 1 saturated heterocycles. The van der Waals surface area contributed by atoms with Gasteiger partial charge in [0.15, 0.2) is 0 Å². The van der Waals surface area contributed by atoms with E-state index < -0.39 is 0 Å². The van der Waals surface area contributed by atoms with Crippen molar-refractivity contribution in [3.8, 4) is 25.3 Å². The molecule has 9 heteroatoms. The summed E-state index contributed by atoms with van der Waals surface area (Å²) in [6.45, 7) is 16.1. The maximum atomic E-state index is 14.7. The first-order chi connectivity index (χ1) is 21.6. The molecule has 1 heterocycles. The number of nitrogens with one attached hydrogen (secondary N) is 2. The first-order valence-electron chi connectivity index (χ1n) is 15.1. The van der Waals surface area contributed by atoms with Crippen LogP contribution < -0.4 is 16.4 Å². The number of primary amides is 1. The molecule has 0 aromatic heterocycles. The van der Waals surface area contributed by atoms with E-state index in [2.05, 4.69) is 60.7 Å². The molecule has 0 bridgehead atoms. The van der Waals surface area contributed by atoms with E-state index >= 15 is 0 Å². The summed E-state index contributed by atoms with van der Waals surface area (Å²) in [6, 6.07) is 7.90. The number of hydrogen-bond donors (Lipinski definition) is 4. The number of anilines is 1. The van der Waals surface area contributed by atoms with Crippen LogP contribution in [0.5, 0.6) is 0 Å². The molecule has 0 saturated carbocycles. The van der Waals surface area contributed by atoms with E-state index in [-0.39, 0.29) is 43.3 Å². The minimum atomic E-state index is -0.191. The highest BCUT2D eigenvalue weighted by molar-refractivity contribution is 6.31. The molecule has 2 rings (SSSR count). The molecular weight excluding hydrogens is 589 g/mol. The third kappa shape index (κ3) is 18.6. The zero-order valence-electron chi connectivity index (χ0n) is 27.6. The van der Waals surface area contributed by atoms with Gasteiger partial charge in [0.2, 0.25) is 6.41 Å². The van der Waals surface area contributed by atoms with Gasteiger partial charge in [-0.3, -0.25) is 9.69 Å². The fraction of sp³-hybridized carbons (Fsp3) is 0.444. The Labute approximate surface area is 276 Å². The van der Waals surface area contributed by atoms with E-state index in [0.717, 1.165) is 31.5 Å². The number of halogens is 2. The number of allylic oxidation sites excluding steroid dienone is 5. The van der Waals surface area contributed by atoms with Crippen molar-refractivity contribution >= 4 is 29.5 Å². The second-order valence-electron chi connectivity index (χ2n) is 10.2. The van der Waals surface area contributed by atoms with Gasteiger partial charge in [-0.15, -0.1) is 12.8 Å². The molecule has 1 aliphatic rings. The lowest BCUT2D eigenvalue weighted by molar-refractivity contribution is -0.106. The highest BCUT2D eigenvalue weighted by Gasteiger charge is 2.19. The Kier molecular flexibility index (Phi) is 26.7. The number of terminal acetylenes is 2. The summed E-state index contributed by atoms with van der Waals surface area (Å²) in [5, 5.41) is 16.9. The van der Waals surface area contributed by atoms with E-state index in [0.29, 0.717) is 28.5 Å². The van der Waals surface area contributed by atoms with Gasteiger partial charge < -0.3 is 21.5 Å². The fourth-order valence-electron chi connectivity index (χ4n) is 4.30. The van der Waals surface area contributed by atoms with Crippen LogP contribution in [0.3, 0.4) is 0 Å². The van der Waals surface area contributed by atoms with E-state index in [1.807, 2.05) is 57.2 Å². The second kappa shape index (κ2) is 27.7. The molecule has 1 aliphatic heterocycles. The number of aliphatic hydroxyl groups is 1. The van der Waals surface area contributed by atoms with Crippen molar-refractivity contribution in [2.24, 2.45) is 22.6 Å². The molecule has 0 aliphatic carbocycles. The van der Waals surface area contributed by atoms with E-state index in [4.69, 9.17) is 22.8 Å². The van der Waals surface area contributed by atoms with Gasteiger partial charge in [0, 0.05) is 29.6 Å². The van der Waals surface area contributed by atoms with Crippen molar-refractivity contribution in [2.45, 2.75) is 66.2 Å². The number of carbonyl (C=O) groups excluding carboxylic acids is 1. The monoisotopic (exact) mass is 641 g/mol. The van der Waals surface area contributed by atoms with Crippen LogP contribution in [0.2, 0.25) is 0 Å². The Balaban J connectivity index is 0. The number of amides is 1. The lowest BCUT2D eigenvalue weighted by Crippen LogP contribution is -2.27. The maximum Gasteiger partial charge on any atom is 0.204 e. The molecule has 1 aromatic carbocycles. The van der Waals surface area contributed by atoms with Crippen LogP contribution in [0.15, 0.2) is 70.9 Å². The third-order valence-corrected chi connectivity index (χ3v) is 6.71. The van der Waals surface area contributed by atoms with Gasteiger partial charge in [-0.1, -0.05) is 76.1 Å². The molecule has 248 valence electrons. The van der Waals surface area contributed by atoms with Gasteiger partial charge in [-0.2, -0.15) is 0 Å². The highest BCUT2D eigenvalue weighted by Crippen LogP contribution is 2.29. The lowest BCUT2D eigenvalue weighted by Gasteiger charge is -2.23. The van der Waals surface area contributed by atoms with Gasteiger partial charge in [-0.05, 0) is 93.3 Å². The van der Waals surface area contributed by atoms with Crippen LogP contribution in [-0.2, 0) is 4.79 Å². The largest absolute Gasteiger partial charge is 0.396 e. The average Bonchev–Trinajstić information content (AvgIpc) is 3.02. The van der Waals surface area contributed by atoms with Gasteiger partial charge in [0.25, 0.3) is 0 Å². The Bertz CT molecular complexity index is 1160. The maximum absolute atomic E-state index is 14.7. The molecule has 1 aromatic rings. The Hall–Kier alpha value is -3.82. The number of hydrogen-bond acceptors (Lipinski definition) is 5. The van der Waals surface area contributed by atoms with Crippen LogP contribution >= 0.6 is 11.6 Å². The number of nitrogens with two attached hydrogens (primary N) is 1. The fourth-order valence-corrected chi connectivity index (χ4v) is 4.62. The van der Waals surface area contributed by atoms with E-state index in [1.54, 1.807) is 11.1 Å². The minimum Gasteiger partial charge on any atom is -0.396 e. The third-order valence-electron chi connectivity index (χ3n) is 6.46. The van der Waals surface area contributed by atoms with Crippen molar-refractivity contribution in [1.82, 2.24) is 10.2 Å². The Morgan fingerprint density at radius 2 is 1.96 bits per heavy atom. The summed E-state index contributed by atoms with van der Waals surface area (Å²) in [6.07, 6.45) is 27.1. The summed E-state index contributed by atoms with van der Waals surface area (Å²) in [7, 11) is 0. The highest BCUT2D eigenvalue weighted by atomic mass is 35.5. The predicted molar refractivity (Wildman–Crippen MR) is 191 cm³/mol. The number of amidine groups is 1. The van der Waals surface area contributed by atoms with Crippen molar-refractivity contribution in [2.75, 3.05) is 31.7 Å². The summed E-state index contributed by atoms with van der Waals surface area (Å²) in [5.74, 6) is 0.669. The summed E-state index contributed by atoms with van der Waals surface area (Å²) >= 11 is 6.19. The molecule has 2 atom stereocenters. The van der Waals surface area contributed by atoms with Gasteiger partial charge >= 0.3 is 0 Å². The number of aliphatic hydroxyl groups excluding tert-OH is 1. The number of aliphatic imine (C=N–C) groups is 1. The van der Waals surface area contributed by atoms with E-state index in [1.165, 1.54) is 12.5 Å². The molecule has 0 spiro atoms. The first kappa shape index (κ1) is 43.3. The zero-order chi connectivity index (χ0) is 34.6. The predicted octanol–water partition coefficient (Wildman–Crippen LogP) is 7.14. The Morgan fingerprint density at radius 1 is 1.36 bits per heavy atom. The Morgan fingerprint density at radius 3 is 2.44 bits per heavy atom. The van der Waals surface area contributed by atoms with Crippen molar-refractivity contribution < 1.29 is 14.3 Å². The van der Waals surface area contributed by atoms with Gasteiger partial charge in [0.05, 0.1) is 0 Å². The molecule has 0 radical (unpaired) electrons. The number of carbonyl (C=O) groups is 1. The van der Waals surface area contributed by atoms with Crippen LogP contribution in [0.25, 0.3) is 0 Å². The topological polar surface area (TPSA) is 103 Å². The van der Waals surface area contributed by atoms with Crippen LogP contribution in [-0.4, -0.2) is 48.6 Å². The molecule has 1 amide bonds. The molecule has 7 nitrogen and oxygen atoms in total. The van der Waals surface area contributed by atoms with Gasteiger partial charge in [-0.25, -0.2) is 9.38 Å². The zero-order valence-corrected chi connectivity index (χ0v) is 28.4. The quantitative estimate of drug-likeness (QED) is 0.0485. The second-order valence-corrected chi connectivity index (χ2v) is 10.6. The minimum absolute atomic E-state index is 0.00972. The average molecular weight is 642 g/mol. The summed E-state index contributed by atoms with van der Waals surface area (Å²) in [4.78, 5) is 14.7. The van der Waals surface area contributed by atoms with Crippen molar-refractivity contribution in [3.05, 3.63) is 77.3 Å². The standard InChI is InChI=1S/C30H40ClFN4O.C3H8.C2H2.CH3NO/c1-6-9-26(31)18-23(5)25(20-37)10-8-17-36(7-2)30(22(3)4)35-21-34-27-11-12-28(29(32)19-27)24-13-15-33-16-14-24;1-3-2;1-2;2-1-3/h2,6,8-9,11-12,17-19,23-25,33-34,37H,3,10,13-16,20-21H2,1,4-5H3;3H2,1-2H3;1-2H;1H,(H2,2,3)/b9-6-,17-8-,26-18+,35-30+;;;. The molecule has 2 unspecified atom stereocenters. The van der Waals surface area contributed by atoms with Crippen LogP contribution in [0.1, 0.15) is 71.8 Å². The number of benzene rings is 1.